The van der Waals surface area contributed by atoms with Gasteiger partial charge in [0.25, 0.3) is 5.91 Å². The van der Waals surface area contributed by atoms with Crippen LogP contribution in [0.1, 0.15) is 36.6 Å². The second-order valence-corrected chi connectivity index (χ2v) is 11.0. The van der Waals surface area contributed by atoms with Crippen LogP contribution in [0.25, 0.3) is 15.9 Å². The molecule has 4 heterocycles. The highest BCUT2D eigenvalue weighted by atomic mass is 35.5. The lowest BCUT2D eigenvalue weighted by Crippen LogP contribution is -2.62. The van der Waals surface area contributed by atoms with E-state index in [2.05, 4.69) is 11.1 Å². The summed E-state index contributed by atoms with van der Waals surface area (Å²) in [5, 5.41) is 8.74. The van der Waals surface area contributed by atoms with E-state index in [4.69, 9.17) is 21.3 Å². The van der Waals surface area contributed by atoms with Crippen molar-refractivity contribution in [1.29, 1.82) is 5.26 Å². The lowest BCUT2D eigenvalue weighted by atomic mass is 10.0. The molecule has 12 heteroatoms. The molecule has 0 bridgehead atoms. The molecule has 6 rings (SSSR count). The number of nitrogens with zero attached hydrogens (tertiary/aromatic N) is 6. The van der Waals surface area contributed by atoms with Gasteiger partial charge in [-0.3, -0.25) is 9.78 Å². The molecule has 2 fully saturated rings. The monoisotopic (exact) mass is 552 g/mol. The van der Waals surface area contributed by atoms with Gasteiger partial charge in [0.1, 0.15) is 16.6 Å². The summed E-state index contributed by atoms with van der Waals surface area (Å²) in [5.41, 5.74) is 2.13. The first-order chi connectivity index (χ1) is 18.3. The fourth-order valence-corrected chi connectivity index (χ4v) is 6.79. The maximum absolute atomic E-state index is 14.2. The Labute approximate surface area is 226 Å². The van der Waals surface area contributed by atoms with E-state index >= 15 is 0 Å². The van der Waals surface area contributed by atoms with Crippen LogP contribution in [-0.2, 0) is 11.8 Å². The standard InChI is InChI=1S/C26H22ClFN6O3S/c1-32-22-17(31-24(32)13-4-5-13)11-30-12-19(22)34-25(35)23-18(33(26(34)36)7-3-6-29)10-21(38-23)14-8-20(37-2)16(28)9-15(14)27/h8-13,18,23H,3-5,7H2,1-2H3. The van der Waals surface area contributed by atoms with Gasteiger partial charge in [-0.1, -0.05) is 11.6 Å². The zero-order valence-electron chi connectivity index (χ0n) is 20.5. The van der Waals surface area contributed by atoms with Gasteiger partial charge in [0.2, 0.25) is 0 Å². The third-order valence-corrected chi connectivity index (χ3v) is 8.75. The number of fused-ring (bicyclic) bond motifs is 2. The molecule has 1 saturated heterocycles. The van der Waals surface area contributed by atoms with E-state index in [1.807, 2.05) is 11.6 Å². The van der Waals surface area contributed by atoms with Crippen LogP contribution in [0.15, 0.2) is 30.6 Å². The summed E-state index contributed by atoms with van der Waals surface area (Å²) in [5.74, 6) is 0.283. The van der Waals surface area contributed by atoms with E-state index in [9.17, 15) is 19.2 Å². The average Bonchev–Trinajstić information content (AvgIpc) is 3.55. The number of imidazole rings is 1. The van der Waals surface area contributed by atoms with Gasteiger partial charge in [-0.15, -0.1) is 11.8 Å². The van der Waals surface area contributed by atoms with Crippen molar-refractivity contribution in [3.8, 4) is 11.8 Å². The summed E-state index contributed by atoms with van der Waals surface area (Å²) in [6.07, 6.45) is 7.12. The minimum Gasteiger partial charge on any atom is -0.494 e. The third-order valence-electron chi connectivity index (χ3n) is 7.09. The number of ether oxygens (including phenoxy) is 1. The Morgan fingerprint density at radius 1 is 1.29 bits per heavy atom. The number of imide groups is 1. The molecule has 2 atom stereocenters. The summed E-state index contributed by atoms with van der Waals surface area (Å²) in [4.78, 5) is 40.2. The molecule has 2 unspecified atom stereocenters. The molecule has 2 aliphatic heterocycles. The number of anilines is 1. The topological polar surface area (TPSA) is 104 Å². The second kappa shape index (κ2) is 9.29. The molecule has 194 valence electrons. The van der Waals surface area contributed by atoms with E-state index in [1.54, 1.807) is 12.3 Å². The number of pyridine rings is 1. The Morgan fingerprint density at radius 2 is 2.08 bits per heavy atom. The number of methoxy groups -OCH3 is 1. The highest BCUT2D eigenvalue weighted by Gasteiger charge is 2.50. The highest BCUT2D eigenvalue weighted by Crippen LogP contribution is 2.48. The predicted molar refractivity (Wildman–Crippen MR) is 141 cm³/mol. The molecule has 1 saturated carbocycles. The summed E-state index contributed by atoms with van der Waals surface area (Å²) in [7, 11) is 3.24. The van der Waals surface area contributed by atoms with Crippen LogP contribution in [0.5, 0.6) is 5.75 Å². The van der Waals surface area contributed by atoms with Gasteiger partial charge in [-0.05, 0) is 31.1 Å². The van der Waals surface area contributed by atoms with Crippen molar-refractivity contribution in [3.05, 3.63) is 52.8 Å². The first kappa shape index (κ1) is 24.7. The third kappa shape index (κ3) is 3.82. The molecule has 3 amide bonds. The molecule has 38 heavy (non-hydrogen) atoms. The van der Waals surface area contributed by atoms with Crippen molar-refractivity contribution >= 4 is 56.9 Å². The van der Waals surface area contributed by atoms with Crippen LogP contribution in [0.4, 0.5) is 14.9 Å². The average molecular weight is 553 g/mol. The van der Waals surface area contributed by atoms with Gasteiger partial charge in [-0.25, -0.2) is 19.1 Å². The highest BCUT2D eigenvalue weighted by molar-refractivity contribution is 8.09. The Kier molecular flexibility index (Phi) is 6.04. The number of rotatable bonds is 6. The van der Waals surface area contributed by atoms with E-state index in [1.165, 1.54) is 36.0 Å². The Balaban J connectivity index is 1.43. The van der Waals surface area contributed by atoms with Crippen LogP contribution in [-0.4, -0.2) is 56.3 Å². The number of aromatic nitrogens is 3. The minimum absolute atomic E-state index is 0.0200. The first-order valence-corrected chi connectivity index (χ1v) is 13.3. The van der Waals surface area contributed by atoms with Crippen LogP contribution >= 0.6 is 23.4 Å². The molecule has 0 N–H and O–H groups in total. The molecular formula is C26H22ClFN6O3S. The van der Waals surface area contributed by atoms with Crippen LogP contribution in [0.2, 0.25) is 5.02 Å². The van der Waals surface area contributed by atoms with Crippen LogP contribution in [0, 0.1) is 17.1 Å². The molecule has 0 spiro atoms. The number of benzene rings is 1. The SMILES string of the molecule is COc1cc(C2=CC3C(S2)C(=O)N(c2cncc4nc(C5CC5)n(C)c24)C(=O)N3CCC#N)c(Cl)cc1F. The second-order valence-electron chi connectivity index (χ2n) is 9.41. The Morgan fingerprint density at radius 3 is 2.79 bits per heavy atom. The first-order valence-electron chi connectivity index (χ1n) is 12.1. The Hall–Kier alpha value is -3.62. The van der Waals surface area contributed by atoms with Crippen molar-refractivity contribution < 1.29 is 18.7 Å². The molecule has 9 nitrogen and oxygen atoms in total. The number of carbonyl (C=O) groups is 2. The molecular weight excluding hydrogens is 531 g/mol. The van der Waals surface area contributed by atoms with Crippen LogP contribution in [0.3, 0.4) is 0 Å². The zero-order valence-corrected chi connectivity index (χ0v) is 22.1. The summed E-state index contributed by atoms with van der Waals surface area (Å²) < 4.78 is 21.2. The molecule has 3 aliphatic rings. The van der Waals surface area contributed by atoms with Gasteiger partial charge < -0.3 is 14.2 Å². The fourth-order valence-electron chi connectivity index (χ4n) is 5.12. The van der Waals surface area contributed by atoms with Gasteiger partial charge in [-0.2, -0.15) is 5.26 Å². The van der Waals surface area contributed by atoms with Gasteiger partial charge in [0.15, 0.2) is 11.6 Å². The molecule has 0 radical (unpaired) electrons. The molecule has 2 aromatic heterocycles. The van der Waals surface area contributed by atoms with Crippen molar-refractivity contribution in [1.82, 2.24) is 19.4 Å². The maximum Gasteiger partial charge on any atom is 0.332 e. The number of hydrogen-bond donors (Lipinski definition) is 0. The normalized spacial score (nSPS) is 21.1. The number of aryl methyl sites for hydroxylation is 1. The van der Waals surface area contributed by atoms with Gasteiger partial charge in [0, 0.05) is 30.0 Å². The molecule has 3 aromatic rings. The quantitative estimate of drug-likeness (QED) is 0.430. The van der Waals surface area contributed by atoms with E-state index in [0.29, 0.717) is 33.1 Å². The van der Waals surface area contributed by atoms with E-state index < -0.39 is 29.0 Å². The number of amides is 3. The number of nitriles is 1. The summed E-state index contributed by atoms with van der Waals surface area (Å²) in [6, 6.07) is 3.60. The maximum atomic E-state index is 14.2. The van der Waals surface area contributed by atoms with Crippen molar-refractivity contribution in [3.63, 3.8) is 0 Å². The predicted octanol–water partition coefficient (Wildman–Crippen LogP) is 4.85. The van der Waals surface area contributed by atoms with E-state index in [0.717, 1.165) is 29.6 Å². The largest absolute Gasteiger partial charge is 0.494 e. The van der Waals surface area contributed by atoms with Crippen molar-refractivity contribution in [2.45, 2.75) is 36.5 Å². The van der Waals surface area contributed by atoms with Crippen LogP contribution < -0.4 is 9.64 Å². The number of thioether (sulfide) groups is 1. The number of urea groups is 1. The van der Waals surface area contributed by atoms with Gasteiger partial charge in [0.05, 0.1) is 54.3 Å². The van der Waals surface area contributed by atoms with Crippen molar-refractivity contribution in [2.24, 2.45) is 7.05 Å². The Bertz CT molecular complexity index is 1580. The number of hydrogen-bond acceptors (Lipinski definition) is 7. The summed E-state index contributed by atoms with van der Waals surface area (Å²) >= 11 is 7.62. The minimum atomic E-state index is -0.695. The number of carbonyl (C=O) groups excluding carboxylic acids is 2. The zero-order chi connectivity index (χ0) is 26.7. The van der Waals surface area contributed by atoms with Gasteiger partial charge >= 0.3 is 6.03 Å². The lowest BCUT2D eigenvalue weighted by Gasteiger charge is -2.40. The van der Waals surface area contributed by atoms with Crippen molar-refractivity contribution in [2.75, 3.05) is 18.6 Å². The summed E-state index contributed by atoms with van der Waals surface area (Å²) in [6.45, 7) is 0.132. The smallest absolute Gasteiger partial charge is 0.332 e. The lowest BCUT2D eigenvalue weighted by molar-refractivity contribution is -0.119. The number of halogens is 2. The fraction of sp³-hybridized carbons (Fsp3) is 0.346. The molecule has 1 aliphatic carbocycles. The van der Waals surface area contributed by atoms with E-state index in [-0.39, 0.29) is 23.7 Å². The molecule has 1 aromatic carbocycles.